The molecule has 42 valence electrons. The van der Waals surface area contributed by atoms with Crippen molar-refractivity contribution in [2.75, 3.05) is 0 Å². The maximum atomic E-state index is 9.82. The zero-order chi connectivity index (χ0) is 5.86. The Bertz CT molecular complexity index is 61.1. The van der Waals surface area contributed by atoms with Gasteiger partial charge in [0.2, 0.25) is 0 Å². The molecule has 2 heteroatoms. The number of nitrogens with two attached hydrogens (primary N) is 1. The van der Waals surface area contributed by atoms with E-state index >= 15 is 0 Å². The van der Waals surface area contributed by atoms with Crippen molar-refractivity contribution in [3.8, 4) is 0 Å². The van der Waals surface area contributed by atoms with Gasteiger partial charge >= 0.3 is 0 Å². The van der Waals surface area contributed by atoms with E-state index in [9.17, 15) is 4.79 Å². The van der Waals surface area contributed by atoms with Crippen molar-refractivity contribution in [1.29, 1.82) is 0 Å². The topological polar surface area (TPSA) is 43.1 Å². The molecule has 1 atom stereocenters. The SMILES string of the molecule is CC(C)[C@@H](N)C=O. The molecule has 0 heterocycles. The second kappa shape index (κ2) is 2.75. The Kier molecular flexibility index (Phi) is 2.60. The van der Waals surface area contributed by atoms with Gasteiger partial charge in [-0.05, 0) is 5.92 Å². The van der Waals surface area contributed by atoms with Gasteiger partial charge in [-0.15, -0.1) is 0 Å². The molecule has 0 saturated heterocycles. The molecule has 0 aliphatic heterocycles. The number of carbonyl (C=O) groups excluding carboxylic acids is 1. The normalized spacial score (nSPS) is 14.3. The predicted molar refractivity (Wildman–Crippen MR) is 28.9 cm³/mol. The highest BCUT2D eigenvalue weighted by Gasteiger charge is 2.02. The molecule has 0 radical (unpaired) electrons. The number of aldehydes is 1. The average Bonchev–Trinajstić information content (AvgIpc) is 1.65. The van der Waals surface area contributed by atoms with E-state index in [4.69, 9.17) is 5.73 Å². The van der Waals surface area contributed by atoms with Crippen molar-refractivity contribution in [2.45, 2.75) is 19.9 Å². The summed E-state index contributed by atoms with van der Waals surface area (Å²) in [5.41, 5.74) is 5.25. The van der Waals surface area contributed by atoms with E-state index in [1.54, 1.807) is 0 Å². The van der Waals surface area contributed by atoms with Crippen LogP contribution in [0.15, 0.2) is 0 Å². The molecule has 0 amide bonds. The number of carbonyl (C=O) groups is 1. The van der Waals surface area contributed by atoms with Crippen LogP contribution >= 0.6 is 0 Å². The number of rotatable bonds is 2. The summed E-state index contributed by atoms with van der Waals surface area (Å²) in [6, 6.07) is -0.278. The molecule has 0 unspecified atom stereocenters. The lowest BCUT2D eigenvalue weighted by Crippen LogP contribution is -2.27. The van der Waals surface area contributed by atoms with Gasteiger partial charge in [-0.2, -0.15) is 0 Å². The monoisotopic (exact) mass is 101 g/mol. The fraction of sp³-hybridized carbons (Fsp3) is 0.800. The molecule has 0 aromatic carbocycles. The van der Waals surface area contributed by atoms with Crippen molar-refractivity contribution in [2.24, 2.45) is 11.7 Å². The second-order valence-electron chi connectivity index (χ2n) is 1.96. The standard InChI is InChI=1S/C5H11NO/c1-4(2)5(6)3-7/h3-5H,6H2,1-2H3/t5-/m0/s1. The second-order valence-corrected chi connectivity index (χ2v) is 1.96. The summed E-state index contributed by atoms with van der Waals surface area (Å²) in [6.45, 7) is 3.83. The smallest absolute Gasteiger partial charge is 0.136 e. The van der Waals surface area contributed by atoms with Crippen molar-refractivity contribution in [3.05, 3.63) is 0 Å². The predicted octanol–water partition coefficient (Wildman–Crippen LogP) is 0.169. The Morgan fingerprint density at radius 3 is 2.00 bits per heavy atom. The Morgan fingerprint density at radius 1 is 1.57 bits per heavy atom. The van der Waals surface area contributed by atoms with Crippen LogP contribution in [0.5, 0.6) is 0 Å². The molecule has 0 aromatic heterocycles. The van der Waals surface area contributed by atoms with Crippen LogP contribution in [0.4, 0.5) is 0 Å². The van der Waals surface area contributed by atoms with Crippen LogP contribution < -0.4 is 5.73 Å². The maximum Gasteiger partial charge on any atom is 0.136 e. The van der Waals surface area contributed by atoms with Gasteiger partial charge in [-0.3, -0.25) is 0 Å². The zero-order valence-corrected chi connectivity index (χ0v) is 4.72. The van der Waals surface area contributed by atoms with Gasteiger partial charge in [0.1, 0.15) is 6.29 Å². The Balaban J connectivity index is 3.33. The third-order valence-electron chi connectivity index (χ3n) is 0.927. The van der Waals surface area contributed by atoms with E-state index in [2.05, 4.69) is 0 Å². The molecule has 0 rings (SSSR count). The summed E-state index contributed by atoms with van der Waals surface area (Å²) in [7, 11) is 0. The van der Waals surface area contributed by atoms with Gasteiger partial charge in [0.05, 0.1) is 6.04 Å². The molecule has 2 N–H and O–H groups in total. The van der Waals surface area contributed by atoms with Crippen LogP contribution in [-0.2, 0) is 4.79 Å². The average molecular weight is 101 g/mol. The number of hydrogen-bond acceptors (Lipinski definition) is 2. The lowest BCUT2D eigenvalue weighted by molar-refractivity contribution is -0.109. The first-order valence-electron chi connectivity index (χ1n) is 2.39. The summed E-state index contributed by atoms with van der Waals surface area (Å²) in [5, 5.41) is 0. The minimum absolute atomic E-state index is 0.275. The van der Waals surface area contributed by atoms with E-state index in [0.717, 1.165) is 6.29 Å². The highest BCUT2D eigenvalue weighted by Crippen LogP contribution is 1.92. The minimum Gasteiger partial charge on any atom is -0.322 e. The molecule has 0 aliphatic rings. The molecule has 2 nitrogen and oxygen atoms in total. The first kappa shape index (κ1) is 6.63. The third-order valence-corrected chi connectivity index (χ3v) is 0.927. The van der Waals surface area contributed by atoms with Crippen molar-refractivity contribution in [1.82, 2.24) is 0 Å². The first-order valence-corrected chi connectivity index (χ1v) is 2.39. The van der Waals surface area contributed by atoms with Gasteiger partial charge in [-0.25, -0.2) is 0 Å². The molecular weight excluding hydrogens is 90.1 g/mol. The molecule has 7 heavy (non-hydrogen) atoms. The molecule has 0 aliphatic carbocycles. The van der Waals surface area contributed by atoms with Gasteiger partial charge in [0.15, 0.2) is 0 Å². The van der Waals surface area contributed by atoms with Gasteiger partial charge in [-0.1, -0.05) is 13.8 Å². The molecule has 0 aromatic rings. The van der Waals surface area contributed by atoms with E-state index in [-0.39, 0.29) is 12.0 Å². The Morgan fingerprint density at radius 2 is 2.00 bits per heavy atom. The quantitative estimate of drug-likeness (QED) is 0.504. The summed E-state index contributed by atoms with van der Waals surface area (Å²) >= 11 is 0. The van der Waals surface area contributed by atoms with E-state index in [0.29, 0.717) is 0 Å². The molecule has 0 saturated carbocycles. The van der Waals surface area contributed by atoms with Gasteiger partial charge < -0.3 is 10.5 Å². The molecule has 0 fully saturated rings. The Hall–Kier alpha value is -0.370. The minimum atomic E-state index is -0.278. The van der Waals surface area contributed by atoms with Crippen LogP contribution in [0.1, 0.15) is 13.8 Å². The first-order chi connectivity index (χ1) is 3.18. The van der Waals surface area contributed by atoms with E-state index in [1.165, 1.54) is 0 Å². The Labute approximate surface area is 43.7 Å². The maximum absolute atomic E-state index is 9.82. The van der Waals surface area contributed by atoms with E-state index < -0.39 is 0 Å². The number of hydrogen-bond donors (Lipinski definition) is 1. The van der Waals surface area contributed by atoms with Gasteiger partial charge in [0, 0.05) is 0 Å². The van der Waals surface area contributed by atoms with Crippen molar-refractivity contribution >= 4 is 6.29 Å². The lowest BCUT2D eigenvalue weighted by atomic mass is 10.1. The molecule has 0 bridgehead atoms. The molecule has 0 spiro atoms. The van der Waals surface area contributed by atoms with Crippen LogP contribution in [0.3, 0.4) is 0 Å². The van der Waals surface area contributed by atoms with Crippen LogP contribution in [0.25, 0.3) is 0 Å². The van der Waals surface area contributed by atoms with Crippen LogP contribution in [-0.4, -0.2) is 12.3 Å². The zero-order valence-electron chi connectivity index (χ0n) is 4.72. The summed E-state index contributed by atoms with van der Waals surface area (Å²) in [4.78, 5) is 9.82. The lowest BCUT2D eigenvalue weighted by Gasteiger charge is -2.04. The highest BCUT2D eigenvalue weighted by molar-refractivity contribution is 5.57. The highest BCUT2D eigenvalue weighted by atomic mass is 16.1. The summed E-state index contributed by atoms with van der Waals surface area (Å²) in [6.07, 6.45) is 0.769. The van der Waals surface area contributed by atoms with Gasteiger partial charge in [0.25, 0.3) is 0 Å². The van der Waals surface area contributed by atoms with Crippen LogP contribution in [0.2, 0.25) is 0 Å². The largest absolute Gasteiger partial charge is 0.322 e. The molecular formula is C5H11NO. The fourth-order valence-electron chi connectivity index (χ4n) is 0.157. The van der Waals surface area contributed by atoms with E-state index in [1.807, 2.05) is 13.8 Å². The van der Waals surface area contributed by atoms with Crippen molar-refractivity contribution < 1.29 is 4.79 Å². The fourth-order valence-corrected chi connectivity index (χ4v) is 0.157. The summed E-state index contributed by atoms with van der Waals surface area (Å²) in [5.74, 6) is 0.275. The summed E-state index contributed by atoms with van der Waals surface area (Å²) < 4.78 is 0. The van der Waals surface area contributed by atoms with Crippen LogP contribution in [0, 0.1) is 5.92 Å². The third kappa shape index (κ3) is 2.34. The van der Waals surface area contributed by atoms with Crippen molar-refractivity contribution in [3.63, 3.8) is 0 Å².